The molecule has 3 rings (SSSR count). The molecule has 3 aromatic rings. The number of carboxylic acids is 1. The van der Waals surface area contributed by atoms with E-state index in [-0.39, 0.29) is 5.75 Å². The predicted octanol–water partition coefficient (Wildman–Crippen LogP) is 3.83. The zero-order valence-electron chi connectivity index (χ0n) is 13.1. The number of nitrogens with zero attached hydrogens (tertiary/aromatic N) is 2. The molecule has 6 nitrogen and oxygen atoms in total. The first kappa shape index (κ1) is 17.7. The molecule has 2 heterocycles. The van der Waals surface area contributed by atoms with Crippen molar-refractivity contribution in [1.82, 2.24) is 9.89 Å². The lowest BCUT2D eigenvalue weighted by Gasteiger charge is -2.04. The summed E-state index contributed by atoms with van der Waals surface area (Å²) >= 11 is 8.80. The molecule has 25 heavy (non-hydrogen) atoms. The minimum atomic E-state index is -0.897. The van der Waals surface area contributed by atoms with Crippen LogP contribution in [0.3, 0.4) is 0 Å². The molecule has 0 unspecified atom stereocenters. The van der Waals surface area contributed by atoms with E-state index >= 15 is 0 Å². The molecule has 0 saturated carbocycles. The Labute approximate surface area is 157 Å². The summed E-state index contributed by atoms with van der Waals surface area (Å²) in [7, 11) is 1.60. The number of methoxy groups -OCH3 is 1. The van der Waals surface area contributed by atoms with E-state index in [1.54, 1.807) is 19.2 Å². The van der Waals surface area contributed by atoms with Gasteiger partial charge in [0.1, 0.15) is 16.5 Å². The van der Waals surface area contributed by atoms with Crippen LogP contribution in [-0.2, 0) is 4.79 Å². The van der Waals surface area contributed by atoms with E-state index in [9.17, 15) is 4.79 Å². The summed E-state index contributed by atoms with van der Waals surface area (Å²) in [6, 6.07) is 11.2. The number of hydrogen-bond donors (Lipinski definition) is 2. The standard InChI is InChI=1S/C16H14ClN3O3S2/c1-23-11-5-9(4-10(17)6-11)13-2-3-14(25-13)12-7-15(19-20(12)18)24-8-16(21)22/h2-7H,8,18H2,1H3,(H,21,22). The van der Waals surface area contributed by atoms with Gasteiger partial charge >= 0.3 is 5.97 Å². The topological polar surface area (TPSA) is 90.4 Å². The highest BCUT2D eigenvalue weighted by atomic mass is 35.5. The van der Waals surface area contributed by atoms with Crippen LogP contribution < -0.4 is 10.6 Å². The van der Waals surface area contributed by atoms with Gasteiger partial charge in [0.25, 0.3) is 0 Å². The van der Waals surface area contributed by atoms with Gasteiger partial charge in [0.15, 0.2) is 0 Å². The molecule has 130 valence electrons. The van der Waals surface area contributed by atoms with Crippen LogP contribution in [0.5, 0.6) is 5.75 Å². The zero-order valence-corrected chi connectivity index (χ0v) is 15.5. The van der Waals surface area contributed by atoms with Gasteiger partial charge in [-0.25, -0.2) is 0 Å². The van der Waals surface area contributed by atoms with E-state index < -0.39 is 5.97 Å². The van der Waals surface area contributed by atoms with Crippen molar-refractivity contribution in [2.45, 2.75) is 5.03 Å². The van der Waals surface area contributed by atoms with Crippen LogP contribution in [0.2, 0.25) is 5.02 Å². The first-order chi connectivity index (χ1) is 12.0. The summed E-state index contributed by atoms with van der Waals surface area (Å²) in [5.41, 5.74) is 1.67. The second-order valence-corrected chi connectivity index (χ2v) is 7.55. The lowest BCUT2D eigenvalue weighted by molar-refractivity contribution is -0.133. The van der Waals surface area contributed by atoms with Crippen LogP contribution in [0.15, 0.2) is 41.4 Å². The van der Waals surface area contributed by atoms with Gasteiger partial charge in [-0.05, 0) is 35.9 Å². The Balaban J connectivity index is 1.89. The van der Waals surface area contributed by atoms with Gasteiger partial charge in [-0.15, -0.1) is 16.4 Å². The third kappa shape index (κ3) is 4.09. The summed E-state index contributed by atoms with van der Waals surface area (Å²) in [4.78, 5) is 13.9. The van der Waals surface area contributed by atoms with E-state index in [0.29, 0.717) is 15.8 Å². The molecule has 0 spiro atoms. The number of benzene rings is 1. The molecule has 0 bridgehead atoms. The molecule has 9 heteroatoms. The van der Waals surface area contributed by atoms with Crippen molar-refractivity contribution >= 4 is 40.7 Å². The van der Waals surface area contributed by atoms with Gasteiger partial charge in [0.05, 0.1) is 17.7 Å². The number of ether oxygens (including phenoxy) is 1. The second kappa shape index (κ2) is 7.38. The highest BCUT2D eigenvalue weighted by molar-refractivity contribution is 7.99. The van der Waals surface area contributed by atoms with E-state index in [4.69, 9.17) is 27.3 Å². The molecule has 0 radical (unpaired) electrons. The van der Waals surface area contributed by atoms with Gasteiger partial charge < -0.3 is 15.7 Å². The number of halogens is 1. The summed E-state index contributed by atoms with van der Waals surface area (Å²) in [6.45, 7) is 0. The van der Waals surface area contributed by atoms with Crippen molar-refractivity contribution in [2.75, 3.05) is 18.7 Å². The third-order valence-corrected chi connectivity index (χ3v) is 5.57. The molecular formula is C16H14ClN3O3S2. The number of nitrogen functional groups attached to an aromatic ring is 1. The fourth-order valence-corrected chi connectivity index (χ4v) is 4.05. The number of aliphatic carboxylic acids is 1. The SMILES string of the molecule is COc1cc(Cl)cc(-c2ccc(-c3cc(SCC(=O)O)nn3N)s2)c1. The highest BCUT2D eigenvalue weighted by Crippen LogP contribution is 2.37. The number of aromatic nitrogens is 2. The van der Waals surface area contributed by atoms with Gasteiger partial charge in [-0.1, -0.05) is 23.4 Å². The smallest absolute Gasteiger partial charge is 0.313 e. The van der Waals surface area contributed by atoms with Crippen molar-refractivity contribution in [2.24, 2.45) is 0 Å². The molecule has 0 aliphatic heterocycles. The molecule has 0 aliphatic carbocycles. The molecule has 0 amide bonds. The average Bonchev–Trinajstić information content (AvgIpc) is 3.18. The first-order valence-corrected chi connectivity index (χ1v) is 9.29. The highest BCUT2D eigenvalue weighted by Gasteiger charge is 2.13. The lowest BCUT2D eigenvalue weighted by Crippen LogP contribution is -2.11. The summed E-state index contributed by atoms with van der Waals surface area (Å²) in [6.07, 6.45) is 0. The number of nitrogens with two attached hydrogens (primary N) is 1. The van der Waals surface area contributed by atoms with Gasteiger partial charge in [0, 0.05) is 16.0 Å². The molecule has 2 aromatic heterocycles. The van der Waals surface area contributed by atoms with Crippen LogP contribution in [0.4, 0.5) is 0 Å². The zero-order chi connectivity index (χ0) is 18.0. The number of thioether (sulfide) groups is 1. The average molecular weight is 396 g/mol. The number of hydrogen-bond acceptors (Lipinski definition) is 6. The first-order valence-electron chi connectivity index (χ1n) is 7.11. The van der Waals surface area contributed by atoms with Crippen LogP contribution in [-0.4, -0.2) is 33.8 Å². The molecular weight excluding hydrogens is 382 g/mol. The largest absolute Gasteiger partial charge is 0.497 e. The van der Waals surface area contributed by atoms with E-state index in [2.05, 4.69) is 5.10 Å². The van der Waals surface area contributed by atoms with Crippen molar-refractivity contribution in [1.29, 1.82) is 0 Å². The Morgan fingerprint density at radius 1 is 1.36 bits per heavy atom. The van der Waals surface area contributed by atoms with Crippen molar-refractivity contribution < 1.29 is 14.6 Å². The second-order valence-electron chi connectivity index (χ2n) is 5.04. The number of thiophene rings is 1. The number of rotatable bonds is 6. The number of carboxylic acid groups (broad SMARTS) is 1. The van der Waals surface area contributed by atoms with E-state index in [1.807, 2.05) is 24.3 Å². The Morgan fingerprint density at radius 3 is 2.84 bits per heavy atom. The van der Waals surface area contributed by atoms with Gasteiger partial charge in [0.2, 0.25) is 0 Å². The fraction of sp³-hybridized carbons (Fsp3) is 0.125. The van der Waals surface area contributed by atoms with Gasteiger partial charge in [-0.2, -0.15) is 4.79 Å². The molecule has 3 N–H and O–H groups in total. The molecule has 0 saturated heterocycles. The van der Waals surface area contributed by atoms with Crippen molar-refractivity contribution in [3.8, 4) is 26.8 Å². The Hall–Kier alpha value is -2.16. The molecule has 1 aromatic carbocycles. The summed E-state index contributed by atoms with van der Waals surface area (Å²) < 4.78 is 5.25. The fourth-order valence-electron chi connectivity index (χ4n) is 2.22. The monoisotopic (exact) mass is 395 g/mol. The molecule has 0 aliphatic rings. The Morgan fingerprint density at radius 2 is 2.12 bits per heavy atom. The van der Waals surface area contributed by atoms with Crippen LogP contribution in [0.1, 0.15) is 0 Å². The third-order valence-electron chi connectivity index (χ3n) is 3.31. The normalized spacial score (nSPS) is 10.8. The number of carbonyl (C=O) groups is 1. The summed E-state index contributed by atoms with van der Waals surface area (Å²) in [5.74, 6) is 5.64. The van der Waals surface area contributed by atoms with Crippen LogP contribution in [0, 0.1) is 0 Å². The van der Waals surface area contributed by atoms with E-state index in [1.165, 1.54) is 16.1 Å². The Bertz CT molecular complexity index is 923. The lowest BCUT2D eigenvalue weighted by atomic mass is 10.2. The molecule has 0 atom stereocenters. The maximum absolute atomic E-state index is 10.7. The maximum Gasteiger partial charge on any atom is 0.313 e. The summed E-state index contributed by atoms with van der Waals surface area (Å²) in [5, 5.41) is 14.1. The van der Waals surface area contributed by atoms with Gasteiger partial charge in [-0.3, -0.25) is 4.79 Å². The minimum Gasteiger partial charge on any atom is -0.497 e. The molecule has 0 fully saturated rings. The predicted molar refractivity (Wildman–Crippen MR) is 101 cm³/mol. The van der Waals surface area contributed by atoms with Crippen LogP contribution >= 0.6 is 34.7 Å². The maximum atomic E-state index is 10.7. The van der Waals surface area contributed by atoms with Crippen molar-refractivity contribution in [3.05, 3.63) is 41.4 Å². The van der Waals surface area contributed by atoms with E-state index in [0.717, 1.165) is 32.8 Å². The Kier molecular flexibility index (Phi) is 5.22. The van der Waals surface area contributed by atoms with Crippen molar-refractivity contribution in [3.63, 3.8) is 0 Å². The van der Waals surface area contributed by atoms with Crippen LogP contribution in [0.25, 0.3) is 21.0 Å². The minimum absolute atomic E-state index is 0.0611. The quantitative estimate of drug-likeness (QED) is 0.487.